The van der Waals surface area contributed by atoms with E-state index in [4.69, 9.17) is 0 Å². The van der Waals surface area contributed by atoms with Gasteiger partial charge in [-0.15, -0.1) is 12.6 Å². The summed E-state index contributed by atoms with van der Waals surface area (Å²) in [6, 6.07) is 8.08. The largest absolute Gasteiger partial charge is 0.352 e. The molecule has 2 N–H and O–H groups in total. The van der Waals surface area contributed by atoms with E-state index >= 15 is 0 Å². The van der Waals surface area contributed by atoms with E-state index < -0.39 is 0 Å². The third-order valence-corrected chi connectivity index (χ3v) is 3.19. The van der Waals surface area contributed by atoms with Crippen molar-refractivity contribution in [2.24, 2.45) is 0 Å². The smallest absolute Gasteiger partial charge is 0.252 e. The molecule has 3 nitrogen and oxygen atoms in total. The van der Waals surface area contributed by atoms with Gasteiger partial charge in [0.2, 0.25) is 0 Å². The highest BCUT2D eigenvalue weighted by atomic mass is 32.1. The summed E-state index contributed by atoms with van der Waals surface area (Å²) in [6.45, 7) is 1.69. The average Bonchev–Trinajstić information content (AvgIpc) is 3.13. The molecule has 1 aromatic rings. The highest BCUT2D eigenvalue weighted by molar-refractivity contribution is 7.80. The molecule has 0 spiro atoms. The molecule has 0 bridgehead atoms. The number of hydrogen-bond donors (Lipinski definition) is 3. The van der Waals surface area contributed by atoms with Crippen molar-refractivity contribution in [3.63, 3.8) is 0 Å². The van der Waals surface area contributed by atoms with Gasteiger partial charge in [0, 0.05) is 17.5 Å². The van der Waals surface area contributed by atoms with Crippen LogP contribution in [0, 0.1) is 0 Å². The van der Waals surface area contributed by atoms with Crippen molar-refractivity contribution >= 4 is 18.5 Å². The second-order valence-electron chi connectivity index (χ2n) is 4.36. The van der Waals surface area contributed by atoms with E-state index in [9.17, 15) is 4.79 Å². The summed E-state index contributed by atoms with van der Waals surface area (Å²) in [5, 5.41) is 6.32. The third-order valence-electron chi connectivity index (χ3n) is 2.80. The fraction of sp³-hybridized carbons (Fsp3) is 0.462. The first kappa shape index (κ1) is 12.5. The lowest BCUT2D eigenvalue weighted by Gasteiger charge is -2.07. The van der Waals surface area contributed by atoms with Gasteiger partial charge in [0.05, 0.1) is 5.56 Å². The van der Waals surface area contributed by atoms with Crippen molar-refractivity contribution in [1.29, 1.82) is 0 Å². The van der Waals surface area contributed by atoms with Crippen LogP contribution in [0.5, 0.6) is 0 Å². The van der Waals surface area contributed by atoms with Crippen molar-refractivity contribution in [2.45, 2.75) is 30.2 Å². The van der Waals surface area contributed by atoms with Crippen LogP contribution in [0.15, 0.2) is 29.2 Å². The van der Waals surface area contributed by atoms with Crippen LogP contribution in [0.1, 0.15) is 29.6 Å². The van der Waals surface area contributed by atoms with Gasteiger partial charge in [0.25, 0.3) is 5.91 Å². The van der Waals surface area contributed by atoms with Crippen molar-refractivity contribution in [3.05, 3.63) is 29.8 Å². The van der Waals surface area contributed by atoms with Crippen LogP contribution in [-0.4, -0.2) is 25.0 Å². The monoisotopic (exact) mass is 250 g/mol. The summed E-state index contributed by atoms with van der Waals surface area (Å²) in [4.78, 5) is 12.5. The first-order chi connectivity index (χ1) is 8.27. The number of rotatable bonds is 6. The summed E-state index contributed by atoms with van der Waals surface area (Å²) in [6.07, 6.45) is 3.58. The normalized spacial score (nSPS) is 14.6. The molecule has 0 radical (unpaired) electrons. The topological polar surface area (TPSA) is 41.1 Å². The second-order valence-corrected chi connectivity index (χ2v) is 4.84. The summed E-state index contributed by atoms with van der Waals surface area (Å²) < 4.78 is 0. The van der Waals surface area contributed by atoms with Gasteiger partial charge < -0.3 is 10.6 Å². The van der Waals surface area contributed by atoms with Crippen molar-refractivity contribution in [2.75, 3.05) is 13.1 Å². The Hall–Kier alpha value is -1.00. The van der Waals surface area contributed by atoms with Crippen LogP contribution in [-0.2, 0) is 0 Å². The number of carbonyl (C=O) groups is 1. The number of benzene rings is 1. The molecule has 0 saturated heterocycles. The predicted octanol–water partition coefficient (Wildman–Crippen LogP) is 1.85. The lowest BCUT2D eigenvalue weighted by atomic mass is 10.2. The number of carbonyl (C=O) groups excluding carboxylic acids is 1. The standard InChI is InChI=1S/C13H18N2OS/c16-13(11-4-1-2-5-12(11)17)15-9-3-8-14-10-6-7-10/h1-2,4-5,10,14,17H,3,6-9H2,(H,15,16). The highest BCUT2D eigenvalue weighted by Crippen LogP contribution is 2.18. The van der Waals surface area contributed by atoms with Gasteiger partial charge in [0.15, 0.2) is 0 Å². The number of hydrogen-bond acceptors (Lipinski definition) is 3. The van der Waals surface area contributed by atoms with Gasteiger partial charge in [-0.3, -0.25) is 4.79 Å². The van der Waals surface area contributed by atoms with Gasteiger partial charge in [-0.25, -0.2) is 0 Å². The maximum absolute atomic E-state index is 11.8. The predicted molar refractivity (Wildman–Crippen MR) is 71.7 cm³/mol. The molecule has 4 heteroatoms. The quantitative estimate of drug-likeness (QED) is 0.533. The Morgan fingerprint density at radius 1 is 1.29 bits per heavy atom. The molecule has 0 aliphatic heterocycles. The van der Waals surface area contributed by atoms with E-state index in [0.29, 0.717) is 12.1 Å². The van der Waals surface area contributed by atoms with Gasteiger partial charge in [-0.1, -0.05) is 12.1 Å². The van der Waals surface area contributed by atoms with Crippen molar-refractivity contribution < 1.29 is 4.79 Å². The molecule has 1 amide bonds. The van der Waals surface area contributed by atoms with E-state index in [1.54, 1.807) is 6.07 Å². The van der Waals surface area contributed by atoms with E-state index in [2.05, 4.69) is 23.3 Å². The molecule has 1 aromatic carbocycles. The van der Waals surface area contributed by atoms with Crippen molar-refractivity contribution in [1.82, 2.24) is 10.6 Å². The minimum atomic E-state index is -0.0398. The van der Waals surface area contributed by atoms with E-state index in [1.807, 2.05) is 18.2 Å². The molecule has 0 unspecified atom stereocenters. The van der Waals surface area contributed by atoms with Crippen LogP contribution in [0.2, 0.25) is 0 Å². The Balaban J connectivity index is 1.67. The zero-order valence-electron chi connectivity index (χ0n) is 9.78. The zero-order valence-corrected chi connectivity index (χ0v) is 10.7. The van der Waals surface area contributed by atoms with Crippen LogP contribution in [0.25, 0.3) is 0 Å². The molecule has 2 rings (SSSR count). The minimum absolute atomic E-state index is 0.0398. The van der Waals surface area contributed by atoms with Gasteiger partial charge in [0.1, 0.15) is 0 Å². The van der Waals surface area contributed by atoms with Crippen LogP contribution >= 0.6 is 12.6 Å². The third kappa shape index (κ3) is 4.06. The fourth-order valence-electron chi connectivity index (χ4n) is 1.64. The summed E-state index contributed by atoms with van der Waals surface area (Å²) >= 11 is 4.26. The molecule has 0 atom stereocenters. The number of thiol groups is 1. The maximum Gasteiger partial charge on any atom is 0.252 e. The maximum atomic E-state index is 11.8. The molecule has 92 valence electrons. The van der Waals surface area contributed by atoms with Gasteiger partial charge in [-0.2, -0.15) is 0 Å². The highest BCUT2D eigenvalue weighted by Gasteiger charge is 2.19. The Kier molecular flexibility index (Phi) is 4.45. The minimum Gasteiger partial charge on any atom is -0.352 e. The molecule has 0 aromatic heterocycles. The molecular weight excluding hydrogens is 232 g/mol. The summed E-state index contributed by atoms with van der Waals surface area (Å²) in [5.74, 6) is -0.0398. The second kappa shape index (κ2) is 6.07. The Morgan fingerprint density at radius 2 is 2.06 bits per heavy atom. The average molecular weight is 250 g/mol. The Labute approximate surface area is 107 Å². The van der Waals surface area contributed by atoms with Gasteiger partial charge >= 0.3 is 0 Å². The summed E-state index contributed by atoms with van der Waals surface area (Å²) in [5.41, 5.74) is 0.644. The molecule has 1 fully saturated rings. The fourth-order valence-corrected chi connectivity index (χ4v) is 1.91. The molecular formula is C13H18N2OS. The van der Waals surface area contributed by atoms with Crippen LogP contribution in [0.4, 0.5) is 0 Å². The molecule has 1 aliphatic carbocycles. The number of nitrogens with one attached hydrogen (secondary N) is 2. The van der Waals surface area contributed by atoms with E-state index in [-0.39, 0.29) is 5.91 Å². The first-order valence-electron chi connectivity index (χ1n) is 6.07. The lowest BCUT2D eigenvalue weighted by Crippen LogP contribution is -2.28. The van der Waals surface area contributed by atoms with Crippen LogP contribution in [0.3, 0.4) is 0 Å². The first-order valence-corrected chi connectivity index (χ1v) is 6.51. The van der Waals surface area contributed by atoms with E-state index in [0.717, 1.165) is 23.9 Å². The Morgan fingerprint density at radius 3 is 2.76 bits per heavy atom. The number of amides is 1. The van der Waals surface area contributed by atoms with E-state index in [1.165, 1.54) is 12.8 Å². The molecule has 17 heavy (non-hydrogen) atoms. The summed E-state index contributed by atoms with van der Waals surface area (Å²) in [7, 11) is 0. The SMILES string of the molecule is O=C(NCCCNC1CC1)c1ccccc1S. The zero-order chi connectivity index (χ0) is 12.1. The molecule has 1 aliphatic rings. The van der Waals surface area contributed by atoms with Crippen molar-refractivity contribution in [3.8, 4) is 0 Å². The van der Waals surface area contributed by atoms with Crippen LogP contribution < -0.4 is 10.6 Å². The Bertz CT molecular complexity index is 391. The van der Waals surface area contributed by atoms with Gasteiger partial charge in [-0.05, 0) is 37.9 Å². The lowest BCUT2D eigenvalue weighted by molar-refractivity contribution is 0.0950. The molecule has 0 heterocycles. The molecule has 1 saturated carbocycles.